The Morgan fingerprint density at radius 1 is 0.963 bits per heavy atom. The summed E-state index contributed by atoms with van der Waals surface area (Å²) < 4.78 is 39.3. The van der Waals surface area contributed by atoms with Gasteiger partial charge in [0.15, 0.2) is 0 Å². The van der Waals surface area contributed by atoms with Crippen molar-refractivity contribution in [2.24, 2.45) is 0 Å². The lowest BCUT2D eigenvalue weighted by Crippen LogP contribution is -2.13. The zero-order chi connectivity index (χ0) is 19.4. The molecule has 2 N–H and O–H groups in total. The van der Waals surface area contributed by atoms with E-state index in [-0.39, 0.29) is 16.9 Å². The molecule has 0 aliphatic carbocycles. The lowest BCUT2D eigenvalue weighted by atomic mass is 10.1. The van der Waals surface area contributed by atoms with Crippen molar-refractivity contribution in [3.05, 3.63) is 83.1 Å². The number of carbonyl (C=O) groups excluding carboxylic acids is 1. The van der Waals surface area contributed by atoms with Crippen LogP contribution < -0.4 is 10.6 Å². The first kappa shape index (κ1) is 18.7. The van der Waals surface area contributed by atoms with Crippen molar-refractivity contribution >= 4 is 34.6 Å². The van der Waals surface area contributed by atoms with Crippen LogP contribution in [0.5, 0.6) is 0 Å². The fraction of sp³-hybridized carbons (Fsp3) is 0.0526. The number of aromatic nitrogens is 1. The third kappa shape index (κ3) is 4.77. The number of hydrogen-bond acceptors (Lipinski definition) is 3. The molecule has 0 spiro atoms. The van der Waals surface area contributed by atoms with Gasteiger partial charge in [-0.1, -0.05) is 23.7 Å². The Kier molecular flexibility index (Phi) is 5.32. The molecule has 3 aromatic rings. The van der Waals surface area contributed by atoms with E-state index in [9.17, 15) is 18.0 Å². The number of hydrogen-bond donors (Lipinski definition) is 2. The SMILES string of the molecule is O=C(Nc1ccc(Cl)cc1)c1cncc(Nc2ccccc2C(F)(F)F)c1. The number of carbonyl (C=O) groups is 1. The van der Waals surface area contributed by atoms with Gasteiger partial charge in [0.05, 0.1) is 28.7 Å². The molecule has 1 amide bonds. The molecule has 0 aliphatic heterocycles. The van der Waals surface area contributed by atoms with Gasteiger partial charge in [0.1, 0.15) is 0 Å². The number of halogens is 4. The molecule has 2 aromatic carbocycles. The van der Waals surface area contributed by atoms with Gasteiger partial charge in [0, 0.05) is 16.9 Å². The second kappa shape index (κ2) is 7.67. The van der Waals surface area contributed by atoms with E-state index < -0.39 is 17.6 Å². The number of para-hydroxylation sites is 1. The predicted octanol–water partition coefficient (Wildman–Crippen LogP) is 5.75. The molecule has 4 nitrogen and oxygen atoms in total. The quantitative estimate of drug-likeness (QED) is 0.595. The van der Waals surface area contributed by atoms with Crippen LogP contribution in [-0.4, -0.2) is 10.9 Å². The molecule has 0 saturated heterocycles. The molecule has 0 bridgehead atoms. The van der Waals surface area contributed by atoms with E-state index >= 15 is 0 Å². The summed E-state index contributed by atoms with van der Waals surface area (Å²) in [4.78, 5) is 16.3. The summed E-state index contributed by atoms with van der Waals surface area (Å²) in [5.41, 5.74) is 0.0585. The van der Waals surface area contributed by atoms with Crippen LogP contribution in [-0.2, 0) is 6.18 Å². The zero-order valence-electron chi connectivity index (χ0n) is 13.7. The van der Waals surface area contributed by atoms with Crippen LogP contribution in [0.2, 0.25) is 5.02 Å². The van der Waals surface area contributed by atoms with E-state index in [1.54, 1.807) is 24.3 Å². The largest absolute Gasteiger partial charge is 0.418 e. The monoisotopic (exact) mass is 391 g/mol. The van der Waals surface area contributed by atoms with Crippen molar-refractivity contribution in [1.29, 1.82) is 0 Å². The molecule has 1 aromatic heterocycles. The van der Waals surface area contributed by atoms with Crippen LogP contribution in [0.15, 0.2) is 67.0 Å². The van der Waals surface area contributed by atoms with Crippen LogP contribution in [0.3, 0.4) is 0 Å². The van der Waals surface area contributed by atoms with Gasteiger partial charge in [-0.25, -0.2) is 0 Å². The summed E-state index contributed by atoms with van der Waals surface area (Å²) in [5.74, 6) is -0.447. The molecule has 0 atom stereocenters. The van der Waals surface area contributed by atoms with Crippen molar-refractivity contribution in [2.75, 3.05) is 10.6 Å². The minimum absolute atomic E-state index is 0.123. The number of benzene rings is 2. The smallest absolute Gasteiger partial charge is 0.354 e. The molecule has 8 heteroatoms. The number of rotatable bonds is 4. The highest BCUT2D eigenvalue weighted by molar-refractivity contribution is 6.30. The van der Waals surface area contributed by atoms with E-state index in [4.69, 9.17) is 11.6 Å². The maximum atomic E-state index is 13.1. The molecule has 0 unspecified atom stereocenters. The van der Waals surface area contributed by atoms with Crippen LogP contribution in [0.25, 0.3) is 0 Å². The minimum atomic E-state index is -4.50. The van der Waals surface area contributed by atoms with Crippen molar-refractivity contribution in [3.63, 3.8) is 0 Å². The number of alkyl halides is 3. The van der Waals surface area contributed by atoms with Crippen LogP contribution in [0.4, 0.5) is 30.2 Å². The highest BCUT2D eigenvalue weighted by Gasteiger charge is 2.33. The van der Waals surface area contributed by atoms with Crippen molar-refractivity contribution < 1.29 is 18.0 Å². The topological polar surface area (TPSA) is 54.0 Å². The van der Waals surface area contributed by atoms with E-state index in [0.29, 0.717) is 10.7 Å². The Morgan fingerprint density at radius 3 is 2.37 bits per heavy atom. The fourth-order valence-electron chi connectivity index (χ4n) is 2.36. The van der Waals surface area contributed by atoms with Crippen molar-refractivity contribution in [3.8, 4) is 0 Å². The van der Waals surface area contributed by atoms with Gasteiger partial charge < -0.3 is 10.6 Å². The first-order chi connectivity index (χ1) is 12.8. The van der Waals surface area contributed by atoms with Gasteiger partial charge in [-0.2, -0.15) is 13.2 Å². The van der Waals surface area contributed by atoms with E-state index in [1.165, 1.54) is 36.7 Å². The number of anilines is 3. The molecular formula is C19H13ClF3N3O. The number of pyridine rings is 1. The summed E-state index contributed by atoms with van der Waals surface area (Å²) in [7, 11) is 0. The van der Waals surface area contributed by atoms with E-state index in [0.717, 1.165) is 6.07 Å². The first-order valence-electron chi connectivity index (χ1n) is 7.78. The minimum Gasteiger partial charge on any atom is -0.354 e. The number of amides is 1. The average molecular weight is 392 g/mol. The Labute approximate surface area is 158 Å². The van der Waals surface area contributed by atoms with Crippen LogP contribution >= 0.6 is 11.6 Å². The van der Waals surface area contributed by atoms with Gasteiger partial charge in [0.25, 0.3) is 5.91 Å². The standard InChI is InChI=1S/C19H13ClF3N3O/c20-13-5-7-14(8-6-13)26-18(27)12-9-15(11-24-10-12)25-17-4-2-1-3-16(17)19(21,22)23/h1-11,25H,(H,26,27). The Morgan fingerprint density at radius 2 is 1.67 bits per heavy atom. The molecule has 0 saturated carbocycles. The second-order valence-corrected chi connectivity index (χ2v) is 6.03. The molecule has 1 heterocycles. The summed E-state index contributed by atoms with van der Waals surface area (Å²) in [6, 6.07) is 13.0. The molecular weight excluding hydrogens is 379 g/mol. The number of nitrogens with zero attached hydrogens (tertiary/aromatic N) is 1. The average Bonchev–Trinajstić information content (AvgIpc) is 2.63. The molecule has 138 valence electrons. The zero-order valence-corrected chi connectivity index (χ0v) is 14.5. The van der Waals surface area contributed by atoms with Crippen molar-refractivity contribution in [1.82, 2.24) is 4.98 Å². The molecule has 0 aliphatic rings. The highest BCUT2D eigenvalue weighted by Crippen LogP contribution is 2.35. The Balaban J connectivity index is 1.80. The lowest BCUT2D eigenvalue weighted by molar-refractivity contribution is -0.136. The first-order valence-corrected chi connectivity index (χ1v) is 8.16. The summed E-state index contributed by atoms with van der Waals surface area (Å²) >= 11 is 5.80. The summed E-state index contributed by atoms with van der Waals surface area (Å²) in [6.07, 6.45) is -1.83. The molecule has 27 heavy (non-hydrogen) atoms. The van der Waals surface area contributed by atoms with E-state index in [2.05, 4.69) is 15.6 Å². The summed E-state index contributed by atoms with van der Waals surface area (Å²) in [5, 5.41) is 5.86. The van der Waals surface area contributed by atoms with Gasteiger partial charge in [0.2, 0.25) is 0 Å². The summed E-state index contributed by atoms with van der Waals surface area (Å²) in [6.45, 7) is 0. The normalized spacial score (nSPS) is 11.1. The van der Waals surface area contributed by atoms with Crippen molar-refractivity contribution in [2.45, 2.75) is 6.18 Å². The third-order valence-electron chi connectivity index (χ3n) is 3.61. The van der Waals surface area contributed by atoms with E-state index in [1.807, 2.05) is 0 Å². The number of nitrogens with one attached hydrogen (secondary N) is 2. The maximum Gasteiger partial charge on any atom is 0.418 e. The fourth-order valence-corrected chi connectivity index (χ4v) is 2.49. The van der Waals surface area contributed by atoms with Gasteiger partial charge in [-0.15, -0.1) is 0 Å². The van der Waals surface area contributed by atoms with Crippen LogP contribution in [0, 0.1) is 0 Å². The lowest BCUT2D eigenvalue weighted by Gasteiger charge is -2.14. The molecule has 0 radical (unpaired) electrons. The molecule has 0 fully saturated rings. The third-order valence-corrected chi connectivity index (χ3v) is 3.87. The Hall–Kier alpha value is -3.06. The Bertz CT molecular complexity index is 959. The maximum absolute atomic E-state index is 13.1. The van der Waals surface area contributed by atoms with Gasteiger partial charge >= 0.3 is 6.18 Å². The predicted molar refractivity (Wildman–Crippen MR) is 98.4 cm³/mol. The van der Waals surface area contributed by atoms with Crippen LogP contribution in [0.1, 0.15) is 15.9 Å². The molecule has 3 rings (SSSR count). The second-order valence-electron chi connectivity index (χ2n) is 5.59. The van der Waals surface area contributed by atoms with Gasteiger partial charge in [-0.05, 0) is 42.5 Å². The highest BCUT2D eigenvalue weighted by atomic mass is 35.5. The van der Waals surface area contributed by atoms with Gasteiger partial charge in [-0.3, -0.25) is 9.78 Å².